The number of piperidine rings is 2. The van der Waals surface area contributed by atoms with E-state index in [2.05, 4.69) is 22.2 Å². The lowest BCUT2D eigenvalue weighted by atomic mass is 9.88. The van der Waals surface area contributed by atoms with Crippen molar-refractivity contribution < 1.29 is 4.74 Å². The summed E-state index contributed by atoms with van der Waals surface area (Å²) in [6, 6.07) is 0. The van der Waals surface area contributed by atoms with Crippen molar-refractivity contribution in [1.82, 2.24) is 15.1 Å². The van der Waals surface area contributed by atoms with Crippen LogP contribution in [0.15, 0.2) is 0 Å². The molecule has 1 spiro atoms. The molecule has 0 saturated carbocycles. The van der Waals surface area contributed by atoms with Crippen molar-refractivity contribution in [3.05, 3.63) is 0 Å². The highest BCUT2D eigenvalue weighted by Gasteiger charge is 2.37. The number of morpholine rings is 1. The highest BCUT2D eigenvalue weighted by molar-refractivity contribution is 4.92. The summed E-state index contributed by atoms with van der Waals surface area (Å²) in [5.74, 6) is 0.927. The highest BCUT2D eigenvalue weighted by Crippen LogP contribution is 2.28. The van der Waals surface area contributed by atoms with Crippen LogP contribution in [-0.2, 0) is 4.74 Å². The standard InChI is InChI=1S/C15H29N3O.C2H6/c1-17-7-2-14(3-8-17)12-18-9-4-15(5-10-18)13-16-6-11-19-15;1-2/h14,16H,2-13H2,1H3;1-2H3. The third-order valence-corrected chi connectivity index (χ3v) is 5.26. The van der Waals surface area contributed by atoms with Crippen molar-refractivity contribution >= 4 is 0 Å². The van der Waals surface area contributed by atoms with Crippen molar-refractivity contribution in [2.75, 3.05) is 59.5 Å². The maximum absolute atomic E-state index is 6.06. The minimum absolute atomic E-state index is 0.168. The number of nitrogens with one attached hydrogen (secondary N) is 1. The fourth-order valence-corrected chi connectivity index (χ4v) is 3.78. The monoisotopic (exact) mass is 297 g/mol. The SMILES string of the molecule is CC.CN1CCC(CN2CCC3(CC2)CNCCO3)CC1. The maximum Gasteiger partial charge on any atom is 0.0831 e. The van der Waals surface area contributed by atoms with E-state index in [4.69, 9.17) is 4.74 Å². The normalized spacial score (nSPS) is 28.1. The van der Waals surface area contributed by atoms with E-state index in [1.54, 1.807) is 0 Å². The number of hydrogen-bond donors (Lipinski definition) is 1. The predicted octanol–water partition coefficient (Wildman–Crippen LogP) is 1.81. The topological polar surface area (TPSA) is 27.7 Å². The highest BCUT2D eigenvalue weighted by atomic mass is 16.5. The Balaban J connectivity index is 0.000000774. The summed E-state index contributed by atoms with van der Waals surface area (Å²) in [5.41, 5.74) is 0.168. The Labute approximate surface area is 131 Å². The van der Waals surface area contributed by atoms with Gasteiger partial charge >= 0.3 is 0 Å². The number of ether oxygens (including phenoxy) is 1. The quantitative estimate of drug-likeness (QED) is 0.841. The molecular weight excluding hydrogens is 262 g/mol. The van der Waals surface area contributed by atoms with Crippen LogP contribution >= 0.6 is 0 Å². The van der Waals surface area contributed by atoms with Gasteiger partial charge in [0.2, 0.25) is 0 Å². The molecule has 0 aromatic heterocycles. The van der Waals surface area contributed by atoms with Gasteiger partial charge in [0.15, 0.2) is 0 Å². The average Bonchev–Trinajstić information content (AvgIpc) is 2.55. The molecule has 3 fully saturated rings. The van der Waals surface area contributed by atoms with Gasteiger partial charge in [-0.05, 0) is 51.7 Å². The third-order valence-electron chi connectivity index (χ3n) is 5.26. The molecule has 3 aliphatic heterocycles. The molecular formula is C17H35N3O. The minimum Gasteiger partial charge on any atom is -0.372 e. The van der Waals surface area contributed by atoms with Crippen molar-refractivity contribution in [3.8, 4) is 0 Å². The van der Waals surface area contributed by atoms with E-state index in [9.17, 15) is 0 Å². The van der Waals surface area contributed by atoms with E-state index in [-0.39, 0.29) is 5.60 Å². The molecule has 0 aromatic rings. The lowest BCUT2D eigenvalue weighted by Crippen LogP contribution is -2.56. The van der Waals surface area contributed by atoms with Gasteiger partial charge in [-0.25, -0.2) is 0 Å². The summed E-state index contributed by atoms with van der Waals surface area (Å²) >= 11 is 0. The average molecular weight is 297 g/mol. The summed E-state index contributed by atoms with van der Waals surface area (Å²) in [4.78, 5) is 5.14. The number of hydrogen-bond acceptors (Lipinski definition) is 4. The fourth-order valence-electron chi connectivity index (χ4n) is 3.78. The van der Waals surface area contributed by atoms with Crippen LogP contribution in [0.3, 0.4) is 0 Å². The first-order valence-electron chi connectivity index (χ1n) is 9.01. The molecule has 4 nitrogen and oxygen atoms in total. The Morgan fingerprint density at radius 3 is 2.33 bits per heavy atom. The van der Waals surface area contributed by atoms with Gasteiger partial charge in [-0.1, -0.05) is 13.8 Å². The van der Waals surface area contributed by atoms with Crippen LogP contribution < -0.4 is 5.32 Å². The van der Waals surface area contributed by atoms with E-state index in [0.717, 1.165) is 25.6 Å². The molecule has 0 atom stereocenters. The van der Waals surface area contributed by atoms with Gasteiger partial charge in [0.1, 0.15) is 0 Å². The molecule has 3 heterocycles. The first-order valence-corrected chi connectivity index (χ1v) is 9.01. The molecule has 3 aliphatic rings. The van der Waals surface area contributed by atoms with Crippen LogP contribution in [0.1, 0.15) is 39.5 Å². The number of likely N-dealkylation sites (tertiary alicyclic amines) is 2. The molecule has 3 rings (SSSR count). The zero-order valence-corrected chi connectivity index (χ0v) is 14.4. The zero-order chi connectivity index (χ0) is 15.1. The van der Waals surface area contributed by atoms with E-state index >= 15 is 0 Å². The van der Waals surface area contributed by atoms with E-state index in [1.807, 2.05) is 13.8 Å². The van der Waals surface area contributed by atoms with Gasteiger partial charge < -0.3 is 19.9 Å². The molecule has 4 heteroatoms. The summed E-state index contributed by atoms with van der Waals surface area (Å²) in [6.07, 6.45) is 5.20. The molecule has 0 bridgehead atoms. The molecule has 0 radical (unpaired) electrons. The van der Waals surface area contributed by atoms with Crippen LogP contribution in [-0.4, -0.2) is 74.9 Å². The van der Waals surface area contributed by atoms with Gasteiger partial charge in [0.25, 0.3) is 0 Å². The van der Waals surface area contributed by atoms with Crippen molar-refractivity contribution in [1.29, 1.82) is 0 Å². The fraction of sp³-hybridized carbons (Fsp3) is 1.00. The van der Waals surface area contributed by atoms with E-state index in [0.29, 0.717) is 0 Å². The first-order chi connectivity index (χ1) is 10.3. The van der Waals surface area contributed by atoms with Gasteiger partial charge in [0.05, 0.1) is 12.2 Å². The molecule has 0 amide bonds. The molecule has 124 valence electrons. The van der Waals surface area contributed by atoms with Crippen LogP contribution in [0, 0.1) is 5.92 Å². The smallest absolute Gasteiger partial charge is 0.0831 e. The van der Waals surface area contributed by atoms with Gasteiger partial charge in [-0.3, -0.25) is 0 Å². The summed E-state index contributed by atoms with van der Waals surface area (Å²) < 4.78 is 6.06. The van der Waals surface area contributed by atoms with Gasteiger partial charge in [-0.2, -0.15) is 0 Å². The largest absolute Gasteiger partial charge is 0.372 e. The van der Waals surface area contributed by atoms with Crippen molar-refractivity contribution in [2.24, 2.45) is 5.92 Å². The van der Waals surface area contributed by atoms with Gasteiger partial charge in [0, 0.05) is 32.7 Å². The first kappa shape index (κ1) is 17.2. The second-order valence-electron chi connectivity index (χ2n) is 6.76. The molecule has 0 aliphatic carbocycles. The summed E-state index contributed by atoms with van der Waals surface area (Å²) in [7, 11) is 2.24. The van der Waals surface area contributed by atoms with E-state index < -0.39 is 0 Å². The third kappa shape index (κ3) is 4.92. The van der Waals surface area contributed by atoms with Crippen LogP contribution in [0.25, 0.3) is 0 Å². The number of rotatable bonds is 2. The zero-order valence-electron chi connectivity index (χ0n) is 14.4. The van der Waals surface area contributed by atoms with Crippen LogP contribution in [0.2, 0.25) is 0 Å². The minimum atomic E-state index is 0.168. The second-order valence-corrected chi connectivity index (χ2v) is 6.76. The Kier molecular flexibility index (Phi) is 6.93. The Bertz CT molecular complexity index is 274. The number of nitrogens with zero attached hydrogens (tertiary/aromatic N) is 2. The molecule has 0 unspecified atom stereocenters. The van der Waals surface area contributed by atoms with Crippen molar-refractivity contribution in [3.63, 3.8) is 0 Å². The summed E-state index contributed by atoms with van der Waals surface area (Å²) in [5, 5.41) is 3.50. The predicted molar refractivity (Wildman–Crippen MR) is 88.8 cm³/mol. The molecule has 3 saturated heterocycles. The Morgan fingerprint density at radius 2 is 1.76 bits per heavy atom. The van der Waals surface area contributed by atoms with Gasteiger partial charge in [-0.15, -0.1) is 0 Å². The lowest BCUT2D eigenvalue weighted by Gasteiger charge is -2.45. The van der Waals surface area contributed by atoms with Crippen LogP contribution in [0.5, 0.6) is 0 Å². The van der Waals surface area contributed by atoms with E-state index in [1.165, 1.54) is 58.4 Å². The Hall–Kier alpha value is -0.160. The second kappa shape index (κ2) is 8.47. The lowest BCUT2D eigenvalue weighted by molar-refractivity contribution is -0.101. The Morgan fingerprint density at radius 1 is 1.10 bits per heavy atom. The maximum atomic E-state index is 6.06. The molecule has 1 N–H and O–H groups in total. The molecule has 21 heavy (non-hydrogen) atoms. The molecule has 0 aromatic carbocycles. The van der Waals surface area contributed by atoms with Crippen molar-refractivity contribution in [2.45, 2.75) is 45.1 Å². The van der Waals surface area contributed by atoms with Crippen LogP contribution in [0.4, 0.5) is 0 Å². The summed E-state index contributed by atoms with van der Waals surface area (Å²) in [6.45, 7) is 13.3.